The highest BCUT2D eigenvalue weighted by Crippen LogP contribution is 2.53. The topological polar surface area (TPSA) is 26.0 Å². The summed E-state index contributed by atoms with van der Waals surface area (Å²) in [7, 11) is 0. The predicted octanol–water partition coefficient (Wildman–Crippen LogP) is 7.88. The summed E-state index contributed by atoms with van der Waals surface area (Å²) in [5.74, 6) is 0. The van der Waals surface area contributed by atoms with Crippen LogP contribution >= 0.6 is 0 Å². The van der Waals surface area contributed by atoms with E-state index in [-0.39, 0.29) is 5.41 Å². The zero-order valence-corrected chi connectivity index (χ0v) is 18.6. The molecule has 3 aromatic carbocycles. The van der Waals surface area contributed by atoms with Gasteiger partial charge in [-0.25, -0.2) is 0 Å². The highest BCUT2D eigenvalue weighted by atomic mass is 16.3. The SMILES string of the molecule is Cc1cnc(-c2c(C)ccc3c2oc2c4c(ccc23)-c2ccccc2C4(C)C)cc1C. The zero-order valence-electron chi connectivity index (χ0n) is 18.6. The maximum Gasteiger partial charge on any atom is 0.145 e. The molecule has 2 heterocycles. The minimum atomic E-state index is -0.104. The number of hydrogen-bond donors (Lipinski definition) is 0. The number of aryl methyl sites for hydroxylation is 3. The Morgan fingerprint density at radius 1 is 0.742 bits per heavy atom. The van der Waals surface area contributed by atoms with Crippen molar-refractivity contribution < 1.29 is 4.42 Å². The number of rotatable bonds is 1. The van der Waals surface area contributed by atoms with Crippen LogP contribution in [0.2, 0.25) is 0 Å². The molecule has 0 fully saturated rings. The van der Waals surface area contributed by atoms with Gasteiger partial charge in [-0.3, -0.25) is 4.98 Å². The fraction of sp³-hybridized carbons (Fsp3) is 0.207. The molecule has 0 unspecified atom stereocenters. The van der Waals surface area contributed by atoms with E-state index < -0.39 is 0 Å². The lowest BCUT2D eigenvalue weighted by atomic mass is 9.82. The Morgan fingerprint density at radius 2 is 1.48 bits per heavy atom. The first-order valence-electron chi connectivity index (χ1n) is 10.9. The van der Waals surface area contributed by atoms with Crippen LogP contribution in [0.1, 0.15) is 41.7 Å². The third-order valence-corrected chi connectivity index (χ3v) is 7.16. The molecule has 1 aliphatic carbocycles. The van der Waals surface area contributed by atoms with Crippen molar-refractivity contribution in [3.63, 3.8) is 0 Å². The van der Waals surface area contributed by atoms with E-state index in [0.29, 0.717) is 0 Å². The van der Waals surface area contributed by atoms with Gasteiger partial charge in [0, 0.05) is 33.5 Å². The lowest BCUT2D eigenvalue weighted by molar-refractivity contribution is 0.620. The highest BCUT2D eigenvalue weighted by Gasteiger charge is 2.38. The Morgan fingerprint density at radius 3 is 2.29 bits per heavy atom. The molecule has 2 heteroatoms. The molecule has 152 valence electrons. The Balaban J connectivity index is 1.72. The van der Waals surface area contributed by atoms with E-state index in [1.54, 1.807) is 0 Å². The highest BCUT2D eigenvalue weighted by molar-refractivity contribution is 6.12. The second kappa shape index (κ2) is 6.07. The molecule has 0 saturated heterocycles. The number of hydrogen-bond acceptors (Lipinski definition) is 2. The predicted molar refractivity (Wildman–Crippen MR) is 129 cm³/mol. The van der Waals surface area contributed by atoms with E-state index in [1.165, 1.54) is 44.3 Å². The molecule has 31 heavy (non-hydrogen) atoms. The largest absolute Gasteiger partial charge is 0.455 e. The maximum absolute atomic E-state index is 6.76. The van der Waals surface area contributed by atoms with Gasteiger partial charge in [-0.15, -0.1) is 0 Å². The lowest BCUT2D eigenvalue weighted by Crippen LogP contribution is -2.15. The fourth-order valence-electron chi connectivity index (χ4n) is 5.32. The first-order valence-corrected chi connectivity index (χ1v) is 10.9. The molecule has 0 N–H and O–H groups in total. The Hall–Kier alpha value is -3.39. The third-order valence-electron chi connectivity index (χ3n) is 7.16. The van der Waals surface area contributed by atoms with Gasteiger partial charge in [0.2, 0.25) is 0 Å². The number of nitrogens with zero attached hydrogens (tertiary/aromatic N) is 1. The molecule has 0 spiro atoms. The van der Waals surface area contributed by atoms with Crippen LogP contribution in [-0.4, -0.2) is 4.98 Å². The molecule has 0 radical (unpaired) electrons. The van der Waals surface area contributed by atoms with Crippen LogP contribution in [0.25, 0.3) is 44.3 Å². The van der Waals surface area contributed by atoms with Gasteiger partial charge >= 0.3 is 0 Å². The summed E-state index contributed by atoms with van der Waals surface area (Å²) < 4.78 is 6.76. The zero-order chi connectivity index (χ0) is 21.5. The molecule has 0 saturated carbocycles. The summed E-state index contributed by atoms with van der Waals surface area (Å²) in [5, 5.41) is 2.34. The van der Waals surface area contributed by atoms with Crippen LogP contribution < -0.4 is 0 Å². The van der Waals surface area contributed by atoms with Crippen molar-refractivity contribution in [1.82, 2.24) is 4.98 Å². The van der Waals surface area contributed by atoms with E-state index in [1.807, 2.05) is 6.20 Å². The van der Waals surface area contributed by atoms with Gasteiger partial charge in [-0.1, -0.05) is 56.3 Å². The summed E-state index contributed by atoms with van der Waals surface area (Å²) in [6.07, 6.45) is 1.96. The Labute approximate surface area is 182 Å². The Bertz CT molecular complexity index is 1530. The van der Waals surface area contributed by atoms with Crippen molar-refractivity contribution in [1.29, 1.82) is 0 Å². The van der Waals surface area contributed by atoms with Crippen LogP contribution in [0.15, 0.2) is 65.2 Å². The van der Waals surface area contributed by atoms with Gasteiger partial charge < -0.3 is 4.42 Å². The van der Waals surface area contributed by atoms with Gasteiger partial charge in [0.25, 0.3) is 0 Å². The van der Waals surface area contributed by atoms with Gasteiger partial charge in [0.05, 0.1) is 5.69 Å². The quantitative estimate of drug-likeness (QED) is 0.284. The molecule has 6 rings (SSSR count). The number of aromatic nitrogens is 1. The maximum atomic E-state index is 6.76. The molecular weight excluding hydrogens is 378 g/mol. The minimum Gasteiger partial charge on any atom is -0.455 e. The summed E-state index contributed by atoms with van der Waals surface area (Å²) in [5.41, 5.74) is 12.8. The molecule has 0 atom stereocenters. The first kappa shape index (κ1) is 18.4. The van der Waals surface area contributed by atoms with Crippen LogP contribution in [0.3, 0.4) is 0 Å². The summed E-state index contributed by atoms with van der Waals surface area (Å²) >= 11 is 0. The standard InChI is InChI=1S/C29H25NO/c1-16-10-11-21-22-13-12-20-19-8-6-7-9-23(19)29(4,5)26(20)28(22)31-27(21)25(16)24-14-17(2)18(3)15-30-24/h6-15H,1-5H3. The van der Waals surface area contributed by atoms with E-state index in [9.17, 15) is 0 Å². The molecular formula is C29H25NO. The molecule has 2 nitrogen and oxygen atoms in total. The molecule has 2 aromatic heterocycles. The summed E-state index contributed by atoms with van der Waals surface area (Å²) in [6, 6.07) is 19.8. The molecule has 0 aliphatic heterocycles. The number of fused-ring (bicyclic) bond motifs is 7. The van der Waals surface area contributed by atoms with Crippen molar-refractivity contribution in [2.45, 2.75) is 40.0 Å². The van der Waals surface area contributed by atoms with Crippen molar-refractivity contribution in [3.05, 3.63) is 88.6 Å². The minimum absolute atomic E-state index is 0.104. The summed E-state index contributed by atoms with van der Waals surface area (Å²) in [6.45, 7) is 11.0. The van der Waals surface area contributed by atoms with Crippen LogP contribution in [0.4, 0.5) is 0 Å². The normalized spacial score (nSPS) is 14.2. The fourth-order valence-corrected chi connectivity index (χ4v) is 5.32. The number of benzene rings is 3. The molecule has 5 aromatic rings. The van der Waals surface area contributed by atoms with Gasteiger partial charge in [0.1, 0.15) is 11.2 Å². The van der Waals surface area contributed by atoms with Crippen molar-refractivity contribution in [2.75, 3.05) is 0 Å². The first-order chi connectivity index (χ1) is 14.9. The van der Waals surface area contributed by atoms with Crippen molar-refractivity contribution in [3.8, 4) is 22.4 Å². The van der Waals surface area contributed by atoms with Gasteiger partial charge in [0.15, 0.2) is 0 Å². The van der Waals surface area contributed by atoms with E-state index in [2.05, 4.69) is 89.2 Å². The van der Waals surface area contributed by atoms with Gasteiger partial charge in [-0.05, 0) is 66.3 Å². The third kappa shape index (κ3) is 2.36. The van der Waals surface area contributed by atoms with Crippen LogP contribution in [0, 0.1) is 20.8 Å². The van der Waals surface area contributed by atoms with E-state index in [4.69, 9.17) is 9.40 Å². The molecule has 1 aliphatic rings. The van der Waals surface area contributed by atoms with Crippen molar-refractivity contribution >= 4 is 21.9 Å². The lowest BCUT2D eigenvalue weighted by Gasteiger charge is -2.21. The number of furan rings is 1. The average Bonchev–Trinajstić information content (AvgIpc) is 3.23. The van der Waals surface area contributed by atoms with Gasteiger partial charge in [-0.2, -0.15) is 0 Å². The second-order valence-electron chi connectivity index (χ2n) is 9.43. The molecule has 0 amide bonds. The second-order valence-corrected chi connectivity index (χ2v) is 9.43. The van der Waals surface area contributed by atoms with Crippen LogP contribution in [-0.2, 0) is 5.41 Å². The molecule has 0 bridgehead atoms. The number of pyridine rings is 1. The van der Waals surface area contributed by atoms with E-state index in [0.717, 1.165) is 27.8 Å². The Kier molecular flexibility index (Phi) is 3.60. The monoisotopic (exact) mass is 403 g/mol. The summed E-state index contributed by atoms with van der Waals surface area (Å²) in [4.78, 5) is 4.76. The average molecular weight is 404 g/mol. The smallest absolute Gasteiger partial charge is 0.145 e. The van der Waals surface area contributed by atoms with E-state index >= 15 is 0 Å². The van der Waals surface area contributed by atoms with Crippen LogP contribution in [0.5, 0.6) is 0 Å². The van der Waals surface area contributed by atoms with Crippen molar-refractivity contribution in [2.24, 2.45) is 0 Å².